The van der Waals surface area contributed by atoms with Gasteiger partial charge in [-0.05, 0) is 45.7 Å². The normalized spacial score (nSPS) is 15.5. The molecule has 4 nitrogen and oxygen atoms in total. The number of rotatable bonds is 4. The first kappa shape index (κ1) is 15.5. The molecule has 114 valence electrons. The lowest BCUT2D eigenvalue weighted by molar-refractivity contribution is -0.146. The number of hydrogen-bond donors (Lipinski definition) is 1. The molecule has 1 heterocycles. The van der Waals surface area contributed by atoms with Gasteiger partial charge in [-0.1, -0.05) is 18.2 Å². The van der Waals surface area contributed by atoms with Crippen LogP contribution >= 0.6 is 0 Å². The molecule has 0 saturated heterocycles. The lowest BCUT2D eigenvalue weighted by Crippen LogP contribution is -2.36. The Labute approximate surface area is 126 Å². The molecular formula is C17H24N2O2. The van der Waals surface area contributed by atoms with Crippen LogP contribution in [0.15, 0.2) is 24.3 Å². The molecule has 1 unspecified atom stereocenters. The Morgan fingerprint density at radius 1 is 1.38 bits per heavy atom. The Kier molecular flexibility index (Phi) is 4.35. The van der Waals surface area contributed by atoms with Crippen LogP contribution in [0.25, 0.3) is 0 Å². The molecule has 1 atom stereocenters. The van der Waals surface area contributed by atoms with Crippen LogP contribution in [0.2, 0.25) is 0 Å². The molecule has 1 aromatic carbocycles. The molecular weight excluding hydrogens is 264 g/mol. The van der Waals surface area contributed by atoms with Crippen molar-refractivity contribution < 1.29 is 9.53 Å². The van der Waals surface area contributed by atoms with Gasteiger partial charge in [0, 0.05) is 24.7 Å². The fourth-order valence-corrected chi connectivity index (χ4v) is 2.65. The van der Waals surface area contributed by atoms with Gasteiger partial charge in [0.15, 0.2) is 0 Å². The number of para-hydroxylation sites is 1. The average molecular weight is 288 g/mol. The number of benzene rings is 1. The van der Waals surface area contributed by atoms with Crippen LogP contribution in [-0.2, 0) is 16.0 Å². The second-order valence-corrected chi connectivity index (χ2v) is 6.61. The van der Waals surface area contributed by atoms with Gasteiger partial charge in [0.1, 0.15) is 11.3 Å². The summed E-state index contributed by atoms with van der Waals surface area (Å²) >= 11 is 0. The number of carbonyl (C=O) groups excluding carboxylic acids is 1. The van der Waals surface area contributed by atoms with Crippen LogP contribution < -0.4 is 4.90 Å². The van der Waals surface area contributed by atoms with E-state index in [1.54, 1.807) is 0 Å². The van der Waals surface area contributed by atoms with E-state index < -0.39 is 11.6 Å². The van der Waals surface area contributed by atoms with E-state index >= 15 is 0 Å². The number of hydrogen-bond acceptors (Lipinski definition) is 4. The monoisotopic (exact) mass is 288 g/mol. The molecule has 1 aromatic rings. The minimum atomic E-state index is -0.549. The zero-order valence-corrected chi connectivity index (χ0v) is 13.3. The molecule has 0 aromatic heterocycles. The molecule has 2 rings (SSSR count). The number of nitrogens with one attached hydrogen (secondary N) is 1. The highest BCUT2D eigenvalue weighted by atomic mass is 16.6. The predicted molar refractivity (Wildman–Crippen MR) is 85.1 cm³/mol. The molecule has 0 fully saturated rings. The Hall–Kier alpha value is -1.84. The van der Waals surface area contributed by atoms with Crippen molar-refractivity contribution in [1.29, 1.82) is 5.41 Å². The van der Waals surface area contributed by atoms with Crippen molar-refractivity contribution in [2.45, 2.75) is 52.2 Å². The van der Waals surface area contributed by atoms with E-state index in [2.05, 4.69) is 30.0 Å². The van der Waals surface area contributed by atoms with Crippen LogP contribution in [-0.4, -0.2) is 29.9 Å². The van der Waals surface area contributed by atoms with E-state index in [-0.39, 0.29) is 11.8 Å². The van der Waals surface area contributed by atoms with Crippen molar-refractivity contribution in [2.24, 2.45) is 0 Å². The fourth-order valence-electron chi connectivity index (χ4n) is 2.65. The Morgan fingerprint density at radius 2 is 2.05 bits per heavy atom. The largest absolute Gasteiger partial charge is 0.456 e. The first-order valence-corrected chi connectivity index (χ1v) is 7.43. The van der Waals surface area contributed by atoms with Gasteiger partial charge < -0.3 is 9.64 Å². The molecule has 4 heteroatoms. The van der Waals surface area contributed by atoms with Crippen molar-refractivity contribution in [2.75, 3.05) is 11.4 Å². The zero-order chi connectivity index (χ0) is 15.6. The third-order valence-electron chi connectivity index (χ3n) is 3.60. The number of esters is 1. The third kappa shape index (κ3) is 3.84. The number of anilines is 1. The summed E-state index contributed by atoms with van der Waals surface area (Å²) in [6.45, 7) is 8.46. The van der Waals surface area contributed by atoms with Gasteiger partial charge in [0.05, 0.1) is 0 Å². The maximum atomic E-state index is 11.9. The SMILES string of the molecule is CC(CC(=N)C(=O)OC(C)(C)C)N1CCc2ccccc21. The maximum Gasteiger partial charge on any atom is 0.352 e. The van der Waals surface area contributed by atoms with Crippen molar-refractivity contribution in [1.82, 2.24) is 0 Å². The van der Waals surface area contributed by atoms with Crippen molar-refractivity contribution in [3.05, 3.63) is 29.8 Å². The van der Waals surface area contributed by atoms with Gasteiger partial charge in [0.25, 0.3) is 0 Å². The fraction of sp³-hybridized carbons (Fsp3) is 0.529. The Balaban J connectivity index is 1.98. The van der Waals surface area contributed by atoms with E-state index in [0.29, 0.717) is 6.42 Å². The van der Waals surface area contributed by atoms with E-state index in [1.165, 1.54) is 11.3 Å². The molecule has 0 bridgehead atoms. The Morgan fingerprint density at radius 3 is 2.71 bits per heavy atom. The molecule has 1 aliphatic heterocycles. The highest BCUT2D eigenvalue weighted by molar-refractivity contribution is 6.35. The molecule has 0 radical (unpaired) electrons. The van der Waals surface area contributed by atoms with Crippen molar-refractivity contribution in [3.63, 3.8) is 0 Å². The summed E-state index contributed by atoms with van der Waals surface area (Å²) in [4.78, 5) is 14.2. The molecule has 0 spiro atoms. The second kappa shape index (κ2) is 5.88. The quantitative estimate of drug-likeness (QED) is 0.684. The van der Waals surface area contributed by atoms with Crippen LogP contribution in [0.1, 0.15) is 39.7 Å². The third-order valence-corrected chi connectivity index (χ3v) is 3.60. The molecule has 0 aliphatic carbocycles. The summed E-state index contributed by atoms with van der Waals surface area (Å²) in [5.41, 5.74) is 2.06. The molecule has 1 aliphatic rings. The van der Waals surface area contributed by atoms with Crippen LogP contribution in [0.4, 0.5) is 5.69 Å². The number of ether oxygens (including phenoxy) is 1. The van der Waals surface area contributed by atoms with Gasteiger partial charge >= 0.3 is 5.97 Å². The summed E-state index contributed by atoms with van der Waals surface area (Å²) in [7, 11) is 0. The lowest BCUT2D eigenvalue weighted by Gasteiger charge is -2.28. The van der Waals surface area contributed by atoms with Gasteiger partial charge in [-0.15, -0.1) is 0 Å². The number of carbonyl (C=O) groups is 1. The lowest BCUT2D eigenvalue weighted by atomic mass is 10.1. The van der Waals surface area contributed by atoms with E-state index in [0.717, 1.165) is 13.0 Å². The van der Waals surface area contributed by atoms with Gasteiger partial charge in [0.2, 0.25) is 0 Å². The number of nitrogens with zero attached hydrogens (tertiary/aromatic N) is 1. The Bertz CT molecular complexity index is 546. The van der Waals surface area contributed by atoms with Crippen LogP contribution in [0.3, 0.4) is 0 Å². The zero-order valence-electron chi connectivity index (χ0n) is 13.3. The molecule has 0 amide bonds. The van der Waals surface area contributed by atoms with E-state index in [4.69, 9.17) is 10.1 Å². The van der Waals surface area contributed by atoms with Gasteiger partial charge in [-0.3, -0.25) is 5.41 Å². The van der Waals surface area contributed by atoms with Crippen molar-refractivity contribution >= 4 is 17.4 Å². The topological polar surface area (TPSA) is 53.4 Å². The number of fused-ring (bicyclic) bond motifs is 1. The summed E-state index contributed by atoms with van der Waals surface area (Å²) in [5.74, 6) is -0.512. The molecule has 1 N–H and O–H groups in total. The summed E-state index contributed by atoms with van der Waals surface area (Å²) in [6.07, 6.45) is 1.43. The highest BCUT2D eigenvalue weighted by Gasteiger charge is 2.27. The average Bonchev–Trinajstić information content (AvgIpc) is 2.80. The van der Waals surface area contributed by atoms with Crippen LogP contribution in [0.5, 0.6) is 0 Å². The summed E-state index contributed by atoms with van der Waals surface area (Å²) in [6, 6.07) is 8.45. The molecule has 21 heavy (non-hydrogen) atoms. The van der Waals surface area contributed by atoms with Crippen LogP contribution in [0, 0.1) is 5.41 Å². The van der Waals surface area contributed by atoms with Crippen molar-refractivity contribution in [3.8, 4) is 0 Å². The highest BCUT2D eigenvalue weighted by Crippen LogP contribution is 2.30. The van der Waals surface area contributed by atoms with Gasteiger partial charge in [-0.25, -0.2) is 4.79 Å². The summed E-state index contributed by atoms with van der Waals surface area (Å²) < 4.78 is 5.25. The minimum Gasteiger partial charge on any atom is -0.456 e. The predicted octanol–water partition coefficient (Wildman–Crippen LogP) is 3.19. The second-order valence-electron chi connectivity index (χ2n) is 6.61. The molecule has 0 saturated carbocycles. The maximum absolute atomic E-state index is 11.9. The smallest absolute Gasteiger partial charge is 0.352 e. The van der Waals surface area contributed by atoms with E-state index in [1.807, 2.05) is 26.8 Å². The standard InChI is InChI=1S/C17H24N2O2/c1-12(11-14(18)16(20)21-17(2,3)4)19-10-9-13-7-5-6-8-15(13)19/h5-8,12,18H,9-11H2,1-4H3. The van der Waals surface area contributed by atoms with E-state index in [9.17, 15) is 4.79 Å². The van der Waals surface area contributed by atoms with Gasteiger partial charge in [-0.2, -0.15) is 0 Å². The minimum absolute atomic E-state index is 0.0433. The first-order chi connectivity index (χ1) is 9.78. The first-order valence-electron chi connectivity index (χ1n) is 7.43. The summed E-state index contributed by atoms with van der Waals surface area (Å²) in [5, 5.41) is 7.95.